The van der Waals surface area contributed by atoms with Crippen molar-refractivity contribution >= 4 is 16.5 Å². The number of hydrogen-bond acceptors (Lipinski definition) is 2. The van der Waals surface area contributed by atoms with Gasteiger partial charge in [0.2, 0.25) is 0 Å². The Balaban J connectivity index is 1.47. The van der Waals surface area contributed by atoms with Crippen molar-refractivity contribution < 1.29 is 0 Å². The maximum atomic E-state index is 3.88. The van der Waals surface area contributed by atoms with Gasteiger partial charge in [-0.25, -0.2) is 0 Å². The largest absolute Gasteiger partial charge is 0.357 e. The van der Waals surface area contributed by atoms with Crippen molar-refractivity contribution in [3.8, 4) is 0 Å². The first kappa shape index (κ1) is 17.7. The van der Waals surface area contributed by atoms with E-state index >= 15 is 0 Å². The van der Waals surface area contributed by atoms with E-state index in [0.29, 0.717) is 12.1 Å². The Morgan fingerprint density at radius 3 is 2.79 bits per heavy atom. The maximum Gasteiger partial charge on any atom is 0.0480 e. The Bertz CT molecular complexity index is 999. The van der Waals surface area contributed by atoms with Crippen molar-refractivity contribution in [1.82, 2.24) is 15.6 Å². The number of H-pyrrole nitrogens is 1. The van der Waals surface area contributed by atoms with Gasteiger partial charge in [-0.2, -0.15) is 0 Å². The van der Waals surface area contributed by atoms with Crippen LogP contribution in [-0.4, -0.2) is 18.1 Å². The fraction of sp³-hybridized carbons (Fsp3) is 0.360. The van der Waals surface area contributed by atoms with Crippen molar-refractivity contribution in [2.45, 2.75) is 44.7 Å². The molecule has 0 spiro atoms. The molecule has 2 aliphatic rings. The van der Waals surface area contributed by atoms with E-state index in [1.54, 1.807) is 0 Å². The second-order valence-electron chi connectivity index (χ2n) is 8.20. The second kappa shape index (κ2) is 7.57. The molecule has 0 radical (unpaired) electrons. The smallest absolute Gasteiger partial charge is 0.0480 e. The number of aryl methyl sites for hydroxylation is 1. The van der Waals surface area contributed by atoms with Gasteiger partial charge in [-0.05, 0) is 73.5 Å². The second-order valence-corrected chi connectivity index (χ2v) is 8.20. The summed E-state index contributed by atoms with van der Waals surface area (Å²) in [7, 11) is 0. The Labute approximate surface area is 167 Å². The SMILES string of the molecule is C[C@@H](N[C@@H]1CCCc2c1[nH]c1ccc(C3=CCNCC3)cc21)c1ccccc1. The summed E-state index contributed by atoms with van der Waals surface area (Å²) in [5.41, 5.74) is 8.44. The van der Waals surface area contributed by atoms with E-state index in [1.165, 1.54) is 58.1 Å². The first-order chi connectivity index (χ1) is 13.8. The molecular formula is C25H29N3. The number of hydrogen-bond donors (Lipinski definition) is 3. The minimum absolute atomic E-state index is 0.346. The van der Waals surface area contributed by atoms with E-state index in [2.05, 4.69) is 77.1 Å². The molecule has 144 valence electrons. The van der Waals surface area contributed by atoms with Crippen LogP contribution in [0.3, 0.4) is 0 Å². The minimum Gasteiger partial charge on any atom is -0.357 e. The number of rotatable bonds is 4. The van der Waals surface area contributed by atoms with E-state index in [-0.39, 0.29) is 0 Å². The molecule has 0 bridgehead atoms. The molecule has 3 N–H and O–H groups in total. The van der Waals surface area contributed by atoms with Gasteiger partial charge in [-0.1, -0.05) is 42.5 Å². The number of aromatic nitrogens is 1. The Morgan fingerprint density at radius 2 is 1.96 bits per heavy atom. The Morgan fingerprint density at radius 1 is 1.07 bits per heavy atom. The molecule has 1 aromatic heterocycles. The lowest BCUT2D eigenvalue weighted by atomic mass is 9.90. The average molecular weight is 372 g/mol. The molecule has 1 aliphatic heterocycles. The summed E-state index contributed by atoms with van der Waals surface area (Å²) < 4.78 is 0. The first-order valence-electron chi connectivity index (χ1n) is 10.7. The van der Waals surface area contributed by atoms with Crippen LogP contribution in [0.15, 0.2) is 54.6 Å². The van der Waals surface area contributed by atoms with Gasteiger partial charge in [-0.15, -0.1) is 0 Å². The van der Waals surface area contributed by atoms with Gasteiger partial charge in [0, 0.05) is 35.2 Å². The van der Waals surface area contributed by atoms with Crippen LogP contribution in [0.1, 0.15) is 60.7 Å². The van der Waals surface area contributed by atoms with Crippen molar-refractivity contribution in [1.29, 1.82) is 0 Å². The van der Waals surface area contributed by atoms with Crippen LogP contribution in [0, 0.1) is 0 Å². The normalized spacial score (nSPS) is 20.6. The lowest BCUT2D eigenvalue weighted by Crippen LogP contribution is -2.27. The van der Waals surface area contributed by atoms with Crippen LogP contribution in [0.25, 0.3) is 16.5 Å². The maximum absolute atomic E-state index is 3.88. The van der Waals surface area contributed by atoms with Gasteiger partial charge in [0.25, 0.3) is 0 Å². The monoisotopic (exact) mass is 371 g/mol. The predicted octanol–water partition coefficient (Wildman–Crippen LogP) is 5.27. The van der Waals surface area contributed by atoms with E-state index in [0.717, 1.165) is 19.5 Å². The summed E-state index contributed by atoms with van der Waals surface area (Å²) in [6.07, 6.45) is 7.08. The van der Waals surface area contributed by atoms with Gasteiger partial charge < -0.3 is 15.6 Å². The number of benzene rings is 2. The van der Waals surface area contributed by atoms with Gasteiger partial charge >= 0.3 is 0 Å². The highest BCUT2D eigenvalue weighted by Crippen LogP contribution is 2.37. The zero-order valence-electron chi connectivity index (χ0n) is 16.6. The quantitative estimate of drug-likeness (QED) is 0.584. The van der Waals surface area contributed by atoms with Crippen molar-refractivity contribution in [2.24, 2.45) is 0 Å². The summed E-state index contributed by atoms with van der Waals surface area (Å²) in [4.78, 5) is 3.76. The fourth-order valence-corrected chi connectivity index (χ4v) is 4.85. The third-order valence-corrected chi connectivity index (χ3v) is 6.39. The summed E-state index contributed by atoms with van der Waals surface area (Å²) in [6, 6.07) is 18.5. The minimum atomic E-state index is 0.346. The highest BCUT2D eigenvalue weighted by atomic mass is 15.0. The Hall–Kier alpha value is -2.36. The topological polar surface area (TPSA) is 39.9 Å². The average Bonchev–Trinajstić information content (AvgIpc) is 3.14. The summed E-state index contributed by atoms with van der Waals surface area (Å²) in [6.45, 7) is 4.34. The lowest BCUT2D eigenvalue weighted by molar-refractivity contribution is 0.410. The molecule has 0 amide bonds. The highest BCUT2D eigenvalue weighted by Gasteiger charge is 2.25. The van der Waals surface area contributed by atoms with Crippen molar-refractivity contribution in [3.05, 3.63) is 77.0 Å². The molecule has 3 aromatic rings. The molecule has 2 heterocycles. The van der Waals surface area contributed by atoms with E-state index in [9.17, 15) is 0 Å². The van der Waals surface area contributed by atoms with Gasteiger partial charge in [0.15, 0.2) is 0 Å². The molecule has 0 fully saturated rings. The number of nitrogens with one attached hydrogen (secondary N) is 3. The van der Waals surface area contributed by atoms with Gasteiger partial charge in [0.1, 0.15) is 0 Å². The number of aromatic amines is 1. The third-order valence-electron chi connectivity index (χ3n) is 6.39. The van der Waals surface area contributed by atoms with Gasteiger partial charge in [-0.3, -0.25) is 0 Å². The molecule has 0 saturated carbocycles. The summed E-state index contributed by atoms with van der Waals surface area (Å²) in [5, 5.41) is 8.71. The van der Waals surface area contributed by atoms with Crippen LogP contribution in [-0.2, 0) is 6.42 Å². The number of fused-ring (bicyclic) bond motifs is 3. The van der Waals surface area contributed by atoms with E-state index < -0.39 is 0 Å². The molecular weight excluding hydrogens is 342 g/mol. The van der Waals surface area contributed by atoms with E-state index in [1.807, 2.05) is 0 Å². The van der Waals surface area contributed by atoms with Crippen LogP contribution in [0.4, 0.5) is 0 Å². The molecule has 3 heteroatoms. The third kappa shape index (κ3) is 3.30. The molecule has 0 unspecified atom stereocenters. The lowest BCUT2D eigenvalue weighted by Gasteiger charge is -2.27. The molecule has 0 saturated heterocycles. The zero-order chi connectivity index (χ0) is 18.9. The first-order valence-corrected chi connectivity index (χ1v) is 10.7. The molecule has 28 heavy (non-hydrogen) atoms. The fourth-order valence-electron chi connectivity index (χ4n) is 4.85. The van der Waals surface area contributed by atoms with Crippen LogP contribution < -0.4 is 10.6 Å². The summed E-state index contributed by atoms with van der Waals surface area (Å²) >= 11 is 0. The van der Waals surface area contributed by atoms with Crippen molar-refractivity contribution in [3.63, 3.8) is 0 Å². The van der Waals surface area contributed by atoms with Gasteiger partial charge in [0.05, 0.1) is 0 Å². The molecule has 1 aliphatic carbocycles. The standard InChI is InChI=1S/C25H29N3/c1-17(18-6-3-2-4-7-18)27-24-9-5-8-21-22-16-20(19-12-14-26-15-13-19)10-11-23(22)28-25(21)24/h2-4,6-7,10-12,16-17,24,26-28H,5,8-9,13-15H2,1H3/t17-,24-/m1/s1. The van der Waals surface area contributed by atoms with Crippen LogP contribution in [0.5, 0.6) is 0 Å². The highest BCUT2D eigenvalue weighted by molar-refractivity contribution is 5.88. The van der Waals surface area contributed by atoms with E-state index in [4.69, 9.17) is 0 Å². The predicted molar refractivity (Wildman–Crippen MR) is 117 cm³/mol. The van der Waals surface area contributed by atoms with Crippen LogP contribution in [0.2, 0.25) is 0 Å². The zero-order valence-corrected chi connectivity index (χ0v) is 16.6. The van der Waals surface area contributed by atoms with Crippen LogP contribution >= 0.6 is 0 Å². The molecule has 5 rings (SSSR count). The van der Waals surface area contributed by atoms with Crippen molar-refractivity contribution in [2.75, 3.05) is 13.1 Å². The Kier molecular flexibility index (Phi) is 4.79. The summed E-state index contributed by atoms with van der Waals surface area (Å²) in [5.74, 6) is 0. The molecule has 2 aromatic carbocycles. The molecule has 2 atom stereocenters. The molecule has 3 nitrogen and oxygen atoms in total.